The molecule has 7 aromatic carbocycles. The molecule has 2 heterocycles. The Morgan fingerprint density at radius 1 is 0.268 bits per heavy atom. The fourth-order valence-corrected chi connectivity index (χ4v) is 6.63. The molecule has 9 aromatic rings. The Hall–Kier alpha value is -7.95. The van der Waals surface area contributed by atoms with E-state index in [0.29, 0.717) is 40.5 Å². The van der Waals surface area contributed by atoms with Gasteiger partial charge in [-0.05, 0) is 46.5 Å². The van der Waals surface area contributed by atoms with Gasteiger partial charge in [0.15, 0.2) is 34.9 Å². The lowest BCUT2D eigenvalue weighted by Gasteiger charge is -2.14. The van der Waals surface area contributed by atoms with Gasteiger partial charge in [-0.3, -0.25) is 0 Å². The van der Waals surface area contributed by atoms with Crippen LogP contribution < -0.4 is 0 Å². The molecule has 9 rings (SSSR count). The van der Waals surface area contributed by atoms with Gasteiger partial charge in [-0.25, -0.2) is 29.9 Å². The van der Waals surface area contributed by atoms with Crippen molar-refractivity contribution in [1.29, 1.82) is 5.26 Å². The Balaban J connectivity index is 1.15. The van der Waals surface area contributed by atoms with Gasteiger partial charge in [0, 0.05) is 33.4 Å². The van der Waals surface area contributed by atoms with Gasteiger partial charge in [0.1, 0.15) is 0 Å². The summed E-state index contributed by atoms with van der Waals surface area (Å²) in [6.45, 7) is 0. The molecular formula is C49H31N7. The number of benzene rings is 7. The molecule has 0 fully saturated rings. The third-order valence-electron chi connectivity index (χ3n) is 9.41. The maximum Gasteiger partial charge on any atom is 0.164 e. The Kier molecular flexibility index (Phi) is 9.18. The van der Waals surface area contributed by atoms with E-state index in [9.17, 15) is 5.26 Å². The Morgan fingerprint density at radius 3 is 0.929 bits per heavy atom. The summed E-state index contributed by atoms with van der Waals surface area (Å²) in [4.78, 5) is 29.6. The first-order valence-corrected chi connectivity index (χ1v) is 18.2. The topological polar surface area (TPSA) is 101 Å². The largest absolute Gasteiger partial charge is 0.208 e. The zero-order valence-electron chi connectivity index (χ0n) is 30.0. The molecule has 0 N–H and O–H groups in total. The lowest BCUT2D eigenvalue weighted by Crippen LogP contribution is -2.00. The molecule has 7 heteroatoms. The van der Waals surface area contributed by atoms with E-state index in [4.69, 9.17) is 29.9 Å². The summed E-state index contributed by atoms with van der Waals surface area (Å²) in [6, 6.07) is 64.2. The van der Waals surface area contributed by atoms with Crippen molar-refractivity contribution in [3.63, 3.8) is 0 Å². The monoisotopic (exact) mass is 717 g/mol. The number of hydrogen-bond acceptors (Lipinski definition) is 7. The van der Waals surface area contributed by atoms with Crippen LogP contribution in [0.2, 0.25) is 0 Å². The second kappa shape index (κ2) is 15.2. The van der Waals surface area contributed by atoms with Crippen molar-refractivity contribution in [2.75, 3.05) is 0 Å². The Bertz CT molecular complexity index is 2740. The van der Waals surface area contributed by atoms with Crippen LogP contribution in [0.4, 0.5) is 0 Å². The van der Waals surface area contributed by atoms with Crippen LogP contribution in [0.3, 0.4) is 0 Å². The standard InChI is InChI=1S/C49H31N7/c50-32-33-27-28-42(38-23-13-25-40(30-38)48-53-44(34-15-5-1-6-16-34)51-45(54-48)35-17-7-2-8-18-35)43(29-33)39-24-14-26-41(31-39)49-55-46(36-19-9-3-10-20-36)52-47(56-49)37-21-11-4-12-22-37/h1-31H. The molecule has 262 valence electrons. The molecule has 0 saturated carbocycles. The Morgan fingerprint density at radius 2 is 0.571 bits per heavy atom. The van der Waals surface area contributed by atoms with Crippen molar-refractivity contribution in [1.82, 2.24) is 29.9 Å². The zero-order chi connectivity index (χ0) is 37.7. The van der Waals surface area contributed by atoms with Gasteiger partial charge in [0.05, 0.1) is 11.6 Å². The summed E-state index contributed by atoms with van der Waals surface area (Å²) >= 11 is 0. The maximum atomic E-state index is 10.0. The van der Waals surface area contributed by atoms with Crippen molar-refractivity contribution < 1.29 is 0 Å². The van der Waals surface area contributed by atoms with Crippen LogP contribution in [-0.4, -0.2) is 29.9 Å². The predicted molar refractivity (Wildman–Crippen MR) is 221 cm³/mol. The fraction of sp³-hybridized carbons (Fsp3) is 0. The van der Waals surface area contributed by atoms with E-state index in [-0.39, 0.29) is 0 Å². The van der Waals surface area contributed by atoms with Crippen LogP contribution in [0.1, 0.15) is 5.56 Å². The lowest BCUT2D eigenvalue weighted by molar-refractivity contribution is 1.07. The summed E-state index contributed by atoms with van der Waals surface area (Å²) < 4.78 is 0. The van der Waals surface area contributed by atoms with Gasteiger partial charge in [-0.1, -0.05) is 164 Å². The van der Waals surface area contributed by atoms with Gasteiger partial charge >= 0.3 is 0 Å². The van der Waals surface area contributed by atoms with Crippen LogP contribution in [0.5, 0.6) is 0 Å². The minimum Gasteiger partial charge on any atom is -0.208 e. The van der Waals surface area contributed by atoms with Crippen LogP contribution >= 0.6 is 0 Å². The number of rotatable bonds is 8. The second-order valence-corrected chi connectivity index (χ2v) is 13.1. The maximum absolute atomic E-state index is 10.0. The van der Waals surface area contributed by atoms with E-state index in [0.717, 1.165) is 55.6 Å². The van der Waals surface area contributed by atoms with Gasteiger partial charge in [-0.15, -0.1) is 0 Å². The number of nitrogens with zero attached hydrogens (tertiary/aromatic N) is 7. The molecule has 0 saturated heterocycles. The van der Waals surface area contributed by atoms with E-state index in [2.05, 4.69) is 30.3 Å². The van der Waals surface area contributed by atoms with Crippen LogP contribution in [-0.2, 0) is 0 Å². The van der Waals surface area contributed by atoms with E-state index < -0.39 is 0 Å². The van der Waals surface area contributed by atoms with Gasteiger partial charge in [0.25, 0.3) is 0 Å². The van der Waals surface area contributed by atoms with Crippen molar-refractivity contribution in [3.05, 3.63) is 194 Å². The fourth-order valence-electron chi connectivity index (χ4n) is 6.63. The van der Waals surface area contributed by atoms with E-state index in [1.54, 1.807) is 0 Å². The molecule has 0 atom stereocenters. The third-order valence-corrected chi connectivity index (χ3v) is 9.41. The van der Waals surface area contributed by atoms with Crippen molar-refractivity contribution >= 4 is 0 Å². The highest BCUT2D eigenvalue weighted by Crippen LogP contribution is 2.37. The third kappa shape index (κ3) is 7.06. The summed E-state index contributed by atoms with van der Waals surface area (Å²) in [5.41, 5.74) is 9.56. The minimum absolute atomic E-state index is 0.554. The molecule has 0 aliphatic carbocycles. The van der Waals surface area contributed by atoms with E-state index >= 15 is 0 Å². The number of hydrogen-bond donors (Lipinski definition) is 0. The minimum atomic E-state index is 0.554. The van der Waals surface area contributed by atoms with E-state index in [1.165, 1.54) is 0 Å². The van der Waals surface area contributed by atoms with E-state index in [1.807, 2.05) is 164 Å². The smallest absolute Gasteiger partial charge is 0.164 e. The molecule has 0 radical (unpaired) electrons. The number of nitriles is 1. The summed E-state index contributed by atoms with van der Waals surface area (Å²) in [5.74, 6) is 3.49. The second-order valence-electron chi connectivity index (χ2n) is 13.1. The highest BCUT2D eigenvalue weighted by atomic mass is 15.0. The van der Waals surface area contributed by atoms with Crippen LogP contribution in [0.15, 0.2) is 188 Å². The highest BCUT2D eigenvalue weighted by molar-refractivity contribution is 5.87. The first-order valence-electron chi connectivity index (χ1n) is 18.2. The lowest BCUT2D eigenvalue weighted by atomic mass is 9.91. The van der Waals surface area contributed by atoms with Crippen molar-refractivity contribution in [2.45, 2.75) is 0 Å². The van der Waals surface area contributed by atoms with Gasteiger partial charge in [0.2, 0.25) is 0 Å². The molecule has 56 heavy (non-hydrogen) atoms. The highest BCUT2D eigenvalue weighted by Gasteiger charge is 2.17. The van der Waals surface area contributed by atoms with Crippen LogP contribution in [0, 0.1) is 11.3 Å². The predicted octanol–water partition coefficient (Wildman–Crippen LogP) is 11.3. The molecule has 0 spiro atoms. The molecule has 0 unspecified atom stereocenters. The SMILES string of the molecule is N#Cc1ccc(-c2cccc(-c3nc(-c4ccccc4)nc(-c4ccccc4)n3)c2)c(-c2cccc(-c3nc(-c4ccccc4)nc(-c4ccccc4)n3)c2)c1. The van der Waals surface area contributed by atoms with Crippen molar-refractivity contribution in [2.24, 2.45) is 0 Å². The molecule has 0 aliphatic heterocycles. The summed E-state index contributed by atoms with van der Waals surface area (Å²) in [5, 5.41) is 10.0. The first-order chi connectivity index (χ1) is 27.7. The van der Waals surface area contributed by atoms with Gasteiger partial charge < -0.3 is 0 Å². The zero-order valence-corrected chi connectivity index (χ0v) is 30.0. The normalized spacial score (nSPS) is 10.8. The average molecular weight is 718 g/mol. The van der Waals surface area contributed by atoms with Gasteiger partial charge in [-0.2, -0.15) is 5.26 Å². The molecule has 0 aliphatic rings. The molecule has 7 nitrogen and oxygen atoms in total. The summed E-state index contributed by atoms with van der Waals surface area (Å²) in [6.07, 6.45) is 0. The molecule has 0 amide bonds. The molecule has 2 aromatic heterocycles. The number of aromatic nitrogens is 6. The molecule has 0 bridgehead atoms. The average Bonchev–Trinajstić information content (AvgIpc) is 3.29. The molecular weight excluding hydrogens is 687 g/mol. The van der Waals surface area contributed by atoms with Crippen molar-refractivity contribution in [3.8, 4) is 96.7 Å². The quantitative estimate of drug-likeness (QED) is 0.154. The van der Waals surface area contributed by atoms with Crippen LogP contribution in [0.25, 0.3) is 90.6 Å². The Labute approximate surface area is 324 Å². The first kappa shape index (κ1) is 33.9. The summed E-state index contributed by atoms with van der Waals surface area (Å²) in [7, 11) is 0.